The second-order valence-corrected chi connectivity index (χ2v) is 6.06. The Labute approximate surface area is 155 Å². The van der Waals surface area contributed by atoms with Crippen LogP contribution in [0.5, 0.6) is 5.75 Å². The number of hydrogen-bond donors (Lipinski definition) is 2. The van der Waals surface area contributed by atoms with E-state index in [-0.39, 0.29) is 0 Å². The molecule has 0 saturated heterocycles. The van der Waals surface area contributed by atoms with Crippen LogP contribution in [-0.4, -0.2) is 28.3 Å². The van der Waals surface area contributed by atoms with E-state index >= 15 is 0 Å². The predicted octanol–water partition coefficient (Wildman–Crippen LogP) is 3.95. The lowest BCUT2D eigenvalue weighted by Gasteiger charge is -2.13. The number of aliphatic imine (C=N–C) groups is 1. The molecule has 0 spiro atoms. The van der Waals surface area contributed by atoms with Gasteiger partial charge in [0.05, 0.1) is 19.3 Å². The maximum atomic E-state index is 5.98. The van der Waals surface area contributed by atoms with Crippen molar-refractivity contribution in [3.05, 3.63) is 59.0 Å². The summed E-state index contributed by atoms with van der Waals surface area (Å²) in [6.07, 6.45) is 4.95. The minimum Gasteiger partial charge on any atom is -0.495 e. The van der Waals surface area contributed by atoms with Crippen molar-refractivity contribution < 1.29 is 4.74 Å². The van der Waals surface area contributed by atoms with Gasteiger partial charge in [0, 0.05) is 23.5 Å². The summed E-state index contributed by atoms with van der Waals surface area (Å²) in [5.74, 6) is 2.56. The van der Waals surface area contributed by atoms with E-state index in [2.05, 4.69) is 30.6 Å². The number of rotatable bonds is 5. The molecule has 2 aromatic heterocycles. The van der Waals surface area contributed by atoms with Crippen LogP contribution < -0.4 is 15.4 Å². The van der Waals surface area contributed by atoms with Gasteiger partial charge in [-0.05, 0) is 35.4 Å². The van der Waals surface area contributed by atoms with Crippen LogP contribution in [-0.2, 0) is 6.54 Å². The average Bonchev–Trinajstić information content (AvgIpc) is 3.08. The first-order valence-corrected chi connectivity index (χ1v) is 8.27. The summed E-state index contributed by atoms with van der Waals surface area (Å²) in [7, 11) is 1.64. The van der Waals surface area contributed by atoms with Crippen molar-refractivity contribution in [2.24, 2.45) is 4.99 Å². The van der Waals surface area contributed by atoms with Crippen LogP contribution in [0.25, 0.3) is 0 Å². The molecule has 1 aliphatic heterocycles. The summed E-state index contributed by atoms with van der Waals surface area (Å²) in [6.45, 7) is 0.681. The van der Waals surface area contributed by atoms with Crippen molar-refractivity contribution in [2.75, 3.05) is 17.7 Å². The molecule has 7 nitrogen and oxygen atoms in total. The van der Waals surface area contributed by atoms with Gasteiger partial charge in [-0.25, -0.2) is 15.0 Å². The molecule has 0 unspecified atom stereocenters. The molecular formula is C18H15ClN6O. The first kappa shape index (κ1) is 16.3. The van der Waals surface area contributed by atoms with Gasteiger partial charge in [-0.15, -0.1) is 0 Å². The molecule has 3 heterocycles. The monoisotopic (exact) mass is 366 g/mol. The smallest absolute Gasteiger partial charge is 0.142 e. The molecule has 3 aromatic rings. The number of anilines is 4. The second kappa shape index (κ2) is 6.97. The number of fused-ring (bicyclic) bond motifs is 1. The number of aromatic nitrogens is 3. The zero-order valence-electron chi connectivity index (χ0n) is 13.9. The van der Waals surface area contributed by atoms with Gasteiger partial charge in [-0.1, -0.05) is 11.6 Å². The molecule has 0 atom stereocenters. The summed E-state index contributed by atoms with van der Waals surface area (Å²) >= 11 is 5.98. The van der Waals surface area contributed by atoms with Gasteiger partial charge in [-0.3, -0.25) is 4.99 Å². The third-order valence-corrected chi connectivity index (χ3v) is 4.10. The highest BCUT2D eigenvalue weighted by Crippen LogP contribution is 2.32. The number of halogens is 1. The zero-order chi connectivity index (χ0) is 17.9. The topological polar surface area (TPSA) is 84.3 Å². The number of hydrogen-bond acceptors (Lipinski definition) is 7. The van der Waals surface area contributed by atoms with Crippen molar-refractivity contribution in [3.8, 4) is 5.75 Å². The molecular weight excluding hydrogens is 352 g/mol. The molecule has 0 amide bonds. The highest BCUT2D eigenvalue weighted by Gasteiger charge is 2.13. The third kappa shape index (κ3) is 3.43. The lowest BCUT2D eigenvalue weighted by Crippen LogP contribution is -2.01. The van der Waals surface area contributed by atoms with E-state index in [9.17, 15) is 0 Å². The molecule has 4 rings (SSSR count). The fraction of sp³-hybridized carbons (Fsp3) is 0.111. The standard InChI is InChI=1S/C18H15ClN6O/c1-26-15-5-12-9-20-8-11(12)4-14(15)24-17-7-18(23-10-22-17)25-16-6-13(19)2-3-21-16/h2-8,10H,9H2,1H3,(H2,21,22,23,24,25). The molecule has 1 aromatic carbocycles. The number of methoxy groups -OCH3 is 1. The van der Waals surface area contributed by atoms with Crippen LogP contribution in [0.15, 0.2) is 47.8 Å². The molecule has 0 bridgehead atoms. The number of ether oxygens (including phenoxy) is 1. The summed E-state index contributed by atoms with van der Waals surface area (Å²) in [6, 6.07) is 9.20. The molecule has 8 heteroatoms. The van der Waals surface area contributed by atoms with Crippen LogP contribution in [0.2, 0.25) is 5.02 Å². The molecule has 0 saturated carbocycles. The van der Waals surface area contributed by atoms with Crippen molar-refractivity contribution in [2.45, 2.75) is 6.54 Å². The summed E-state index contributed by atoms with van der Waals surface area (Å²) in [4.78, 5) is 17.0. The molecule has 1 aliphatic rings. The van der Waals surface area contributed by atoms with E-state index in [4.69, 9.17) is 16.3 Å². The number of pyridine rings is 1. The maximum Gasteiger partial charge on any atom is 0.142 e. The molecule has 26 heavy (non-hydrogen) atoms. The highest BCUT2D eigenvalue weighted by molar-refractivity contribution is 6.30. The molecule has 130 valence electrons. The normalized spacial score (nSPS) is 11.9. The Bertz CT molecular complexity index is 991. The van der Waals surface area contributed by atoms with Gasteiger partial charge in [0.2, 0.25) is 0 Å². The highest BCUT2D eigenvalue weighted by atomic mass is 35.5. The summed E-state index contributed by atoms with van der Waals surface area (Å²) in [5.41, 5.74) is 3.03. The van der Waals surface area contributed by atoms with Crippen LogP contribution >= 0.6 is 11.6 Å². The van der Waals surface area contributed by atoms with Crippen molar-refractivity contribution in [1.29, 1.82) is 0 Å². The first-order chi connectivity index (χ1) is 12.7. The largest absolute Gasteiger partial charge is 0.495 e. The fourth-order valence-electron chi connectivity index (χ4n) is 2.64. The number of nitrogens with zero attached hydrogens (tertiary/aromatic N) is 4. The Hall–Kier alpha value is -3.19. The molecule has 2 N–H and O–H groups in total. The molecule has 0 aliphatic carbocycles. The third-order valence-electron chi connectivity index (χ3n) is 3.86. The van der Waals surface area contributed by atoms with Crippen molar-refractivity contribution >= 4 is 41.0 Å². The molecule has 0 radical (unpaired) electrons. The summed E-state index contributed by atoms with van der Waals surface area (Å²) < 4.78 is 5.48. The van der Waals surface area contributed by atoms with E-state index in [1.807, 2.05) is 18.3 Å². The SMILES string of the molecule is COc1cc2c(cc1Nc1cc(Nc3cc(Cl)ccn3)ncn1)C=NC2. The predicted molar refractivity (Wildman–Crippen MR) is 102 cm³/mol. The van der Waals surface area contributed by atoms with Gasteiger partial charge >= 0.3 is 0 Å². The van der Waals surface area contributed by atoms with Crippen LogP contribution in [0.3, 0.4) is 0 Å². The Morgan fingerprint density at radius 1 is 1.00 bits per heavy atom. The van der Waals surface area contributed by atoms with E-state index in [0.29, 0.717) is 29.0 Å². The molecule has 0 fully saturated rings. The Morgan fingerprint density at radius 2 is 1.81 bits per heavy atom. The lowest BCUT2D eigenvalue weighted by atomic mass is 10.1. The zero-order valence-corrected chi connectivity index (χ0v) is 14.7. The fourth-order valence-corrected chi connectivity index (χ4v) is 2.80. The minimum absolute atomic E-state index is 0.596. The van der Waals surface area contributed by atoms with Crippen LogP contribution in [0.1, 0.15) is 11.1 Å². The first-order valence-electron chi connectivity index (χ1n) is 7.89. The van der Waals surface area contributed by atoms with E-state index in [0.717, 1.165) is 22.6 Å². The number of benzene rings is 1. The van der Waals surface area contributed by atoms with Gasteiger partial charge in [0.15, 0.2) is 0 Å². The van der Waals surface area contributed by atoms with E-state index < -0.39 is 0 Å². The van der Waals surface area contributed by atoms with Gasteiger partial charge in [-0.2, -0.15) is 0 Å². The van der Waals surface area contributed by atoms with E-state index in [1.54, 1.807) is 31.5 Å². The Morgan fingerprint density at radius 3 is 2.62 bits per heavy atom. The minimum atomic E-state index is 0.596. The Balaban J connectivity index is 1.58. The van der Waals surface area contributed by atoms with Gasteiger partial charge in [0.25, 0.3) is 0 Å². The lowest BCUT2D eigenvalue weighted by molar-refractivity contribution is 0.416. The van der Waals surface area contributed by atoms with Gasteiger partial charge in [0.1, 0.15) is 29.5 Å². The summed E-state index contributed by atoms with van der Waals surface area (Å²) in [5, 5.41) is 6.97. The number of nitrogens with one attached hydrogen (secondary N) is 2. The quantitative estimate of drug-likeness (QED) is 0.711. The average molecular weight is 367 g/mol. The Kier molecular flexibility index (Phi) is 4.37. The van der Waals surface area contributed by atoms with E-state index in [1.165, 1.54) is 6.33 Å². The second-order valence-electron chi connectivity index (χ2n) is 5.62. The van der Waals surface area contributed by atoms with Crippen molar-refractivity contribution in [3.63, 3.8) is 0 Å². The maximum absolute atomic E-state index is 5.98. The van der Waals surface area contributed by atoms with Crippen molar-refractivity contribution in [1.82, 2.24) is 15.0 Å². The van der Waals surface area contributed by atoms with Gasteiger partial charge < -0.3 is 15.4 Å². The van der Waals surface area contributed by atoms with Crippen LogP contribution in [0, 0.1) is 0 Å². The van der Waals surface area contributed by atoms with Crippen LogP contribution in [0.4, 0.5) is 23.1 Å².